The standard InChI is InChI=1S/C10H24NS/c1-6-8-9-10(3)11(4,7-2)12-5/h10H,6-9H2,1-5H3/q+1. The van der Waals surface area contributed by atoms with Gasteiger partial charge in [0.15, 0.2) is 0 Å². The highest BCUT2D eigenvalue weighted by molar-refractivity contribution is 7.93. The van der Waals surface area contributed by atoms with Crippen molar-refractivity contribution in [1.29, 1.82) is 0 Å². The molecule has 0 aromatic carbocycles. The van der Waals surface area contributed by atoms with Gasteiger partial charge in [0.2, 0.25) is 0 Å². The van der Waals surface area contributed by atoms with E-state index in [1.807, 2.05) is 11.9 Å². The first-order valence-electron chi connectivity index (χ1n) is 5.01. The topological polar surface area (TPSA) is 0 Å². The minimum atomic E-state index is 0.796. The molecule has 0 aromatic rings. The van der Waals surface area contributed by atoms with Crippen LogP contribution in [-0.2, 0) is 0 Å². The third-order valence-electron chi connectivity index (χ3n) is 2.95. The van der Waals surface area contributed by atoms with Gasteiger partial charge in [-0.15, -0.1) is 0 Å². The summed E-state index contributed by atoms with van der Waals surface area (Å²) < 4.78 is 1.15. The molecule has 2 unspecified atom stereocenters. The number of hydrogen-bond acceptors (Lipinski definition) is 1. The van der Waals surface area contributed by atoms with Gasteiger partial charge in [0.1, 0.15) is 0 Å². The molecule has 2 atom stereocenters. The van der Waals surface area contributed by atoms with Gasteiger partial charge < -0.3 is 0 Å². The number of quaternary nitrogens is 1. The molecule has 0 aliphatic carbocycles. The third-order valence-corrected chi connectivity index (χ3v) is 4.41. The fourth-order valence-corrected chi connectivity index (χ4v) is 2.12. The Hall–Kier alpha value is 0.310. The second-order valence-corrected chi connectivity index (χ2v) is 4.86. The summed E-state index contributed by atoms with van der Waals surface area (Å²) in [5.74, 6) is 0. The molecular weight excluding hydrogens is 166 g/mol. The maximum absolute atomic E-state index is 2.37. The van der Waals surface area contributed by atoms with E-state index in [2.05, 4.69) is 34.1 Å². The molecule has 0 aliphatic rings. The SMILES string of the molecule is CCCCC(C)[N+](C)(CC)SC. The first-order valence-corrected chi connectivity index (χ1v) is 6.19. The summed E-state index contributed by atoms with van der Waals surface area (Å²) in [6.07, 6.45) is 6.27. The van der Waals surface area contributed by atoms with Crippen LogP contribution in [0.2, 0.25) is 0 Å². The van der Waals surface area contributed by atoms with Crippen molar-refractivity contribution in [2.24, 2.45) is 0 Å². The van der Waals surface area contributed by atoms with E-state index in [0.29, 0.717) is 0 Å². The Labute approximate surface area is 82.3 Å². The van der Waals surface area contributed by atoms with Crippen LogP contribution in [0.25, 0.3) is 0 Å². The summed E-state index contributed by atoms with van der Waals surface area (Å²) in [6.45, 7) is 8.14. The predicted molar refractivity (Wildman–Crippen MR) is 59.2 cm³/mol. The fraction of sp³-hybridized carbons (Fsp3) is 1.00. The van der Waals surface area contributed by atoms with Gasteiger partial charge in [-0.05, 0) is 20.3 Å². The lowest BCUT2D eigenvalue weighted by Crippen LogP contribution is -2.44. The van der Waals surface area contributed by atoms with Gasteiger partial charge in [0.05, 0.1) is 31.6 Å². The number of rotatable bonds is 6. The minimum absolute atomic E-state index is 0.796. The maximum Gasteiger partial charge on any atom is 0.0965 e. The summed E-state index contributed by atoms with van der Waals surface area (Å²) in [7, 11) is 2.34. The van der Waals surface area contributed by atoms with Crippen molar-refractivity contribution in [2.75, 3.05) is 19.8 Å². The third kappa shape index (κ3) is 3.36. The Morgan fingerprint density at radius 2 is 1.92 bits per heavy atom. The van der Waals surface area contributed by atoms with Gasteiger partial charge in [0, 0.05) is 12.7 Å². The highest BCUT2D eigenvalue weighted by atomic mass is 32.2. The van der Waals surface area contributed by atoms with Crippen molar-refractivity contribution in [2.45, 2.75) is 46.1 Å². The van der Waals surface area contributed by atoms with E-state index >= 15 is 0 Å². The van der Waals surface area contributed by atoms with Gasteiger partial charge in [-0.2, -0.15) is 0 Å². The van der Waals surface area contributed by atoms with Crippen LogP contribution >= 0.6 is 11.9 Å². The zero-order valence-corrected chi connectivity index (χ0v) is 10.1. The lowest BCUT2D eigenvalue weighted by atomic mass is 10.1. The van der Waals surface area contributed by atoms with Crippen LogP contribution in [0.5, 0.6) is 0 Å². The molecule has 0 saturated heterocycles. The molecule has 0 rings (SSSR count). The second-order valence-electron chi connectivity index (χ2n) is 3.66. The number of nitrogens with zero attached hydrogens (tertiary/aromatic N) is 1. The summed E-state index contributed by atoms with van der Waals surface area (Å²) in [4.78, 5) is 0. The Balaban J connectivity index is 3.93. The molecule has 0 amide bonds. The van der Waals surface area contributed by atoms with Gasteiger partial charge in [0.25, 0.3) is 0 Å². The molecule has 0 fully saturated rings. The molecule has 0 N–H and O–H groups in total. The molecule has 0 saturated carbocycles. The zero-order chi connectivity index (χ0) is 9.61. The minimum Gasteiger partial charge on any atom is -0.262 e. The molecular formula is C10H24NS+. The highest BCUT2D eigenvalue weighted by Gasteiger charge is 2.26. The van der Waals surface area contributed by atoms with Gasteiger partial charge in [-0.25, -0.2) is 0 Å². The normalized spacial score (nSPS) is 18.8. The van der Waals surface area contributed by atoms with Crippen molar-refractivity contribution in [3.8, 4) is 0 Å². The summed E-state index contributed by atoms with van der Waals surface area (Å²) in [5, 5.41) is 0. The van der Waals surface area contributed by atoms with Crippen molar-refractivity contribution in [1.82, 2.24) is 0 Å². The smallest absolute Gasteiger partial charge is 0.0965 e. The van der Waals surface area contributed by atoms with Crippen LogP contribution in [0.3, 0.4) is 0 Å². The molecule has 0 heterocycles. The summed E-state index contributed by atoms with van der Waals surface area (Å²) >= 11 is 1.97. The zero-order valence-electron chi connectivity index (χ0n) is 9.26. The Morgan fingerprint density at radius 3 is 2.25 bits per heavy atom. The molecule has 0 aromatic heterocycles. The van der Waals surface area contributed by atoms with Crippen LogP contribution < -0.4 is 0 Å². The average Bonchev–Trinajstić information content (AvgIpc) is 2.12. The van der Waals surface area contributed by atoms with Crippen LogP contribution in [0.4, 0.5) is 0 Å². The van der Waals surface area contributed by atoms with Crippen LogP contribution in [0.1, 0.15) is 40.0 Å². The summed E-state index contributed by atoms with van der Waals surface area (Å²) in [6, 6.07) is 0.796. The van der Waals surface area contributed by atoms with Gasteiger partial charge in [-0.3, -0.25) is 3.89 Å². The monoisotopic (exact) mass is 190 g/mol. The Morgan fingerprint density at radius 1 is 1.33 bits per heavy atom. The van der Waals surface area contributed by atoms with E-state index < -0.39 is 0 Å². The lowest BCUT2D eigenvalue weighted by molar-refractivity contribution is -0.798. The maximum atomic E-state index is 2.37. The van der Waals surface area contributed by atoms with Gasteiger partial charge in [-0.1, -0.05) is 13.3 Å². The van der Waals surface area contributed by atoms with E-state index in [-0.39, 0.29) is 0 Å². The Bertz CT molecular complexity index is 110. The largest absolute Gasteiger partial charge is 0.262 e. The molecule has 74 valence electrons. The highest BCUT2D eigenvalue weighted by Crippen LogP contribution is 2.24. The van der Waals surface area contributed by atoms with Crippen molar-refractivity contribution >= 4 is 11.9 Å². The molecule has 1 nitrogen and oxygen atoms in total. The summed E-state index contributed by atoms with van der Waals surface area (Å²) in [5.41, 5.74) is 0. The fourth-order valence-electron chi connectivity index (χ4n) is 1.39. The van der Waals surface area contributed by atoms with Crippen molar-refractivity contribution < 1.29 is 3.89 Å². The average molecular weight is 190 g/mol. The first-order chi connectivity index (χ1) is 5.60. The van der Waals surface area contributed by atoms with E-state index in [4.69, 9.17) is 0 Å². The van der Waals surface area contributed by atoms with Crippen molar-refractivity contribution in [3.63, 3.8) is 0 Å². The van der Waals surface area contributed by atoms with Crippen LogP contribution in [0.15, 0.2) is 0 Å². The van der Waals surface area contributed by atoms with E-state index in [1.54, 1.807) is 0 Å². The lowest BCUT2D eigenvalue weighted by Gasteiger charge is -2.35. The van der Waals surface area contributed by atoms with E-state index in [1.165, 1.54) is 25.8 Å². The molecule has 0 aliphatic heterocycles. The van der Waals surface area contributed by atoms with Gasteiger partial charge >= 0.3 is 0 Å². The van der Waals surface area contributed by atoms with Crippen LogP contribution in [-0.4, -0.2) is 29.8 Å². The van der Waals surface area contributed by atoms with Crippen LogP contribution in [0, 0.1) is 0 Å². The molecule has 0 spiro atoms. The predicted octanol–water partition coefficient (Wildman–Crippen LogP) is 3.31. The number of unbranched alkanes of at least 4 members (excludes halogenated alkanes) is 1. The molecule has 0 radical (unpaired) electrons. The molecule has 2 heteroatoms. The second kappa shape index (κ2) is 5.87. The molecule has 0 bridgehead atoms. The number of hydrogen-bond donors (Lipinski definition) is 0. The van der Waals surface area contributed by atoms with Crippen molar-refractivity contribution in [3.05, 3.63) is 0 Å². The first kappa shape index (κ1) is 12.3. The van der Waals surface area contributed by atoms with E-state index in [0.717, 1.165) is 9.93 Å². The molecule has 12 heavy (non-hydrogen) atoms. The van der Waals surface area contributed by atoms with E-state index in [9.17, 15) is 0 Å². The Kier molecular flexibility index (Phi) is 6.02. The quantitative estimate of drug-likeness (QED) is 0.457.